The van der Waals surface area contributed by atoms with Gasteiger partial charge in [0.15, 0.2) is 0 Å². The van der Waals surface area contributed by atoms with Crippen molar-refractivity contribution in [1.29, 1.82) is 0 Å². The molecule has 9 nitrogen and oxygen atoms in total. The predicted octanol–water partition coefficient (Wildman–Crippen LogP) is 1.86. The van der Waals surface area contributed by atoms with Crippen molar-refractivity contribution >= 4 is 11.7 Å². The first-order chi connectivity index (χ1) is 12.6. The van der Waals surface area contributed by atoms with Gasteiger partial charge in [-0.1, -0.05) is 13.0 Å². The van der Waals surface area contributed by atoms with Crippen molar-refractivity contribution in [3.8, 4) is 5.69 Å². The number of aromatic nitrogens is 6. The summed E-state index contributed by atoms with van der Waals surface area (Å²) in [5.41, 5.74) is 4.90. The Morgan fingerprint density at radius 3 is 2.81 bits per heavy atom. The first-order valence-electron chi connectivity index (χ1n) is 8.49. The molecule has 1 aromatic carbocycles. The van der Waals surface area contributed by atoms with Gasteiger partial charge in [-0.15, -0.1) is 5.10 Å². The number of nitrogens with zero attached hydrogens (tertiary/aromatic N) is 6. The first kappa shape index (κ1) is 17.6. The zero-order valence-electron chi connectivity index (χ0n) is 15.1. The van der Waals surface area contributed by atoms with E-state index in [1.54, 1.807) is 6.07 Å². The van der Waals surface area contributed by atoms with Crippen molar-refractivity contribution in [2.45, 2.75) is 33.7 Å². The molecule has 26 heavy (non-hydrogen) atoms. The number of urea groups is 1. The van der Waals surface area contributed by atoms with Crippen molar-refractivity contribution < 1.29 is 4.79 Å². The van der Waals surface area contributed by atoms with Crippen molar-refractivity contribution in [3.63, 3.8) is 0 Å². The molecule has 9 heteroatoms. The summed E-state index contributed by atoms with van der Waals surface area (Å²) in [5.74, 6) is 0. The Bertz CT molecular complexity index is 884. The van der Waals surface area contributed by atoms with Gasteiger partial charge >= 0.3 is 6.03 Å². The molecule has 0 radical (unpaired) electrons. The van der Waals surface area contributed by atoms with Crippen LogP contribution in [0, 0.1) is 13.8 Å². The number of nitrogens with one attached hydrogen (secondary N) is 2. The summed E-state index contributed by atoms with van der Waals surface area (Å²) in [4.78, 5) is 12.1. The van der Waals surface area contributed by atoms with Crippen LogP contribution in [0.15, 0.2) is 30.6 Å². The minimum Gasteiger partial charge on any atom is -0.336 e. The van der Waals surface area contributed by atoms with Crippen LogP contribution in [0.4, 0.5) is 10.5 Å². The molecular formula is C17H22N8O. The topological polar surface area (TPSA) is 103 Å². The number of aryl methyl sites for hydroxylation is 1. The van der Waals surface area contributed by atoms with E-state index in [9.17, 15) is 4.79 Å². The third-order valence-electron chi connectivity index (χ3n) is 4.21. The maximum absolute atomic E-state index is 12.1. The number of benzene rings is 1. The quantitative estimate of drug-likeness (QED) is 0.703. The number of anilines is 1. The number of carbonyl (C=O) groups excluding carboxylic acids is 1. The number of amides is 2. The van der Waals surface area contributed by atoms with E-state index in [1.165, 1.54) is 16.6 Å². The minimum absolute atomic E-state index is 0.267. The van der Waals surface area contributed by atoms with E-state index in [2.05, 4.69) is 45.1 Å². The molecule has 3 rings (SSSR count). The summed E-state index contributed by atoms with van der Waals surface area (Å²) in [6, 6.07) is 7.02. The lowest BCUT2D eigenvalue weighted by Gasteiger charge is -2.10. The van der Waals surface area contributed by atoms with Crippen LogP contribution in [0.1, 0.15) is 23.9 Å². The van der Waals surface area contributed by atoms with Gasteiger partial charge in [-0.25, -0.2) is 9.48 Å². The lowest BCUT2D eigenvalue weighted by atomic mass is 10.1. The average molecular weight is 354 g/mol. The fourth-order valence-corrected chi connectivity index (χ4v) is 2.92. The molecule has 2 heterocycles. The Balaban J connectivity index is 1.54. The molecule has 2 aromatic heterocycles. The molecule has 0 atom stereocenters. The minimum atomic E-state index is -0.267. The largest absolute Gasteiger partial charge is 0.336 e. The molecule has 0 spiro atoms. The van der Waals surface area contributed by atoms with Crippen LogP contribution in [-0.2, 0) is 13.0 Å². The van der Waals surface area contributed by atoms with Crippen LogP contribution >= 0.6 is 0 Å². The lowest BCUT2D eigenvalue weighted by molar-refractivity contribution is 0.251. The Morgan fingerprint density at radius 1 is 1.27 bits per heavy atom. The fourth-order valence-electron chi connectivity index (χ4n) is 2.92. The van der Waals surface area contributed by atoms with Gasteiger partial charge in [-0.05, 0) is 54.5 Å². The fraction of sp³-hybridized carbons (Fsp3) is 0.353. The molecule has 2 N–H and O–H groups in total. The second-order valence-electron chi connectivity index (χ2n) is 5.91. The second kappa shape index (κ2) is 7.77. The molecule has 0 aliphatic heterocycles. The summed E-state index contributed by atoms with van der Waals surface area (Å²) in [5, 5.41) is 21.2. The number of hydrogen-bond acceptors (Lipinski definition) is 5. The van der Waals surface area contributed by atoms with Crippen LogP contribution in [0.3, 0.4) is 0 Å². The maximum Gasteiger partial charge on any atom is 0.319 e. The summed E-state index contributed by atoms with van der Waals surface area (Å²) >= 11 is 0. The molecule has 136 valence electrons. The van der Waals surface area contributed by atoms with Crippen molar-refractivity contribution in [2.75, 3.05) is 11.9 Å². The van der Waals surface area contributed by atoms with Crippen LogP contribution in [0.5, 0.6) is 0 Å². The van der Waals surface area contributed by atoms with E-state index in [0.717, 1.165) is 23.5 Å². The number of hydrogen-bond donors (Lipinski definition) is 2. The summed E-state index contributed by atoms with van der Waals surface area (Å²) in [7, 11) is 0. The van der Waals surface area contributed by atoms with E-state index in [-0.39, 0.29) is 6.03 Å². The van der Waals surface area contributed by atoms with Crippen LogP contribution < -0.4 is 10.6 Å². The zero-order valence-corrected chi connectivity index (χ0v) is 15.1. The molecule has 3 aromatic rings. The van der Waals surface area contributed by atoms with Gasteiger partial charge in [0, 0.05) is 17.9 Å². The van der Waals surface area contributed by atoms with Crippen LogP contribution in [-0.4, -0.2) is 42.6 Å². The van der Waals surface area contributed by atoms with Gasteiger partial charge in [0.25, 0.3) is 0 Å². The summed E-state index contributed by atoms with van der Waals surface area (Å²) in [6.07, 6.45) is 2.46. The van der Waals surface area contributed by atoms with Gasteiger partial charge in [-0.3, -0.25) is 4.68 Å². The SMILES string of the molecule is CCc1c(C)nn(CCNC(=O)Nc2cccc(-n3cnnn3)c2)c1C. The predicted molar refractivity (Wildman–Crippen MR) is 97.3 cm³/mol. The van der Waals surface area contributed by atoms with Gasteiger partial charge in [0.05, 0.1) is 17.9 Å². The van der Waals surface area contributed by atoms with Crippen LogP contribution in [0.25, 0.3) is 5.69 Å². The monoisotopic (exact) mass is 354 g/mol. The van der Waals surface area contributed by atoms with Crippen molar-refractivity contribution in [1.82, 2.24) is 35.3 Å². The average Bonchev–Trinajstić information content (AvgIpc) is 3.24. The van der Waals surface area contributed by atoms with E-state index < -0.39 is 0 Å². The molecule has 2 amide bonds. The Labute approximate surface area is 151 Å². The zero-order chi connectivity index (χ0) is 18.5. The molecule has 0 aliphatic rings. The summed E-state index contributed by atoms with van der Waals surface area (Å²) < 4.78 is 3.46. The van der Waals surface area contributed by atoms with E-state index in [4.69, 9.17) is 0 Å². The molecule has 0 aliphatic carbocycles. The smallest absolute Gasteiger partial charge is 0.319 e. The normalized spacial score (nSPS) is 10.7. The van der Waals surface area contributed by atoms with Crippen molar-refractivity contribution in [3.05, 3.63) is 47.5 Å². The number of carbonyl (C=O) groups is 1. The highest BCUT2D eigenvalue weighted by atomic mass is 16.2. The highest BCUT2D eigenvalue weighted by Crippen LogP contribution is 2.14. The third-order valence-corrected chi connectivity index (χ3v) is 4.21. The highest BCUT2D eigenvalue weighted by Gasteiger charge is 2.10. The summed E-state index contributed by atoms with van der Waals surface area (Å²) in [6.45, 7) is 7.31. The molecule has 0 unspecified atom stereocenters. The van der Waals surface area contributed by atoms with E-state index >= 15 is 0 Å². The molecule has 0 bridgehead atoms. The third kappa shape index (κ3) is 3.88. The Hall–Kier alpha value is -3.23. The number of rotatable bonds is 6. The Morgan fingerprint density at radius 2 is 2.12 bits per heavy atom. The van der Waals surface area contributed by atoms with E-state index in [0.29, 0.717) is 18.8 Å². The van der Waals surface area contributed by atoms with Gasteiger partial charge in [0.2, 0.25) is 0 Å². The highest BCUT2D eigenvalue weighted by molar-refractivity contribution is 5.89. The van der Waals surface area contributed by atoms with E-state index in [1.807, 2.05) is 29.8 Å². The second-order valence-corrected chi connectivity index (χ2v) is 5.91. The molecule has 0 fully saturated rings. The van der Waals surface area contributed by atoms with Gasteiger partial charge in [-0.2, -0.15) is 5.10 Å². The molecular weight excluding hydrogens is 332 g/mol. The van der Waals surface area contributed by atoms with Crippen molar-refractivity contribution in [2.24, 2.45) is 0 Å². The number of tetrazole rings is 1. The standard InChI is InChI=1S/C17H22N8O/c1-4-16-12(2)21-24(13(16)3)9-8-18-17(26)20-14-6-5-7-15(10-14)25-11-19-22-23-25/h5-7,10-11H,4,8-9H2,1-3H3,(H2,18,20,26). The Kier molecular flexibility index (Phi) is 5.26. The lowest BCUT2D eigenvalue weighted by Crippen LogP contribution is -2.31. The van der Waals surface area contributed by atoms with Crippen LogP contribution in [0.2, 0.25) is 0 Å². The van der Waals surface area contributed by atoms with Gasteiger partial charge < -0.3 is 10.6 Å². The van der Waals surface area contributed by atoms with Gasteiger partial charge in [0.1, 0.15) is 6.33 Å². The maximum atomic E-state index is 12.1. The molecule has 0 saturated carbocycles. The first-order valence-corrected chi connectivity index (χ1v) is 8.49. The molecule has 0 saturated heterocycles.